The van der Waals surface area contributed by atoms with Gasteiger partial charge in [0.1, 0.15) is 5.82 Å². The number of hydrazine groups is 1. The van der Waals surface area contributed by atoms with Crippen LogP contribution in [0.2, 0.25) is 0 Å². The minimum Gasteiger partial charge on any atom is -0.317 e. The molecule has 0 aromatic heterocycles. The molecule has 22 heavy (non-hydrogen) atoms. The molecule has 2 aliphatic carbocycles. The second-order valence-corrected chi connectivity index (χ2v) is 7.27. The van der Waals surface area contributed by atoms with Crippen molar-refractivity contribution in [2.45, 2.75) is 30.8 Å². The summed E-state index contributed by atoms with van der Waals surface area (Å²) in [6, 6.07) is 0.0748. The van der Waals surface area contributed by atoms with Crippen LogP contribution in [0, 0.1) is 11.8 Å². The monoisotopic (exact) mass is 318 g/mol. The first-order valence-corrected chi connectivity index (χ1v) is 8.46. The second kappa shape index (κ2) is 4.37. The fourth-order valence-electron chi connectivity index (χ4n) is 4.72. The van der Waals surface area contributed by atoms with Crippen molar-refractivity contribution in [2.24, 2.45) is 11.8 Å². The SMILES string of the molecule is O=C1NC2=C3C(Cl)=CC=CC3NN2C2(C3CCNCC3)CC12. The van der Waals surface area contributed by atoms with Crippen molar-refractivity contribution in [3.8, 4) is 0 Å². The van der Waals surface area contributed by atoms with Gasteiger partial charge in [-0.2, -0.15) is 0 Å². The van der Waals surface area contributed by atoms with Crippen molar-refractivity contribution in [3.63, 3.8) is 0 Å². The van der Waals surface area contributed by atoms with E-state index in [-0.39, 0.29) is 23.4 Å². The largest absolute Gasteiger partial charge is 0.317 e. The molecule has 3 unspecified atom stereocenters. The Hall–Kier alpha value is -1.30. The third-order valence-electron chi connectivity index (χ3n) is 5.86. The van der Waals surface area contributed by atoms with Gasteiger partial charge in [0.15, 0.2) is 0 Å². The zero-order valence-electron chi connectivity index (χ0n) is 12.2. The Kier molecular flexibility index (Phi) is 2.62. The number of amides is 1. The molecule has 1 saturated carbocycles. The lowest BCUT2D eigenvalue weighted by molar-refractivity contribution is -0.126. The van der Waals surface area contributed by atoms with E-state index in [1.165, 1.54) is 0 Å². The smallest absolute Gasteiger partial charge is 0.231 e. The second-order valence-electron chi connectivity index (χ2n) is 6.87. The minimum atomic E-state index is -0.0465. The molecule has 3 atom stereocenters. The first-order valence-electron chi connectivity index (χ1n) is 8.08. The predicted octanol–water partition coefficient (Wildman–Crippen LogP) is 0.967. The van der Waals surface area contributed by atoms with E-state index in [1.54, 1.807) is 0 Å². The number of rotatable bonds is 1. The first-order chi connectivity index (χ1) is 10.7. The molecule has 5 rings (SSSR count). The van der Waals surface area contributed by atoms with E-state index >= 15 is 0 Å². The van der Waals surface area contributed by atoms with Crippen LogP contribution >= 0.6 is 11.6 Å². The number of carbonyl (C=O) groups excluding carboxylic acids is 1. The molecule has 6 heteroatoms. The van der Waals surface area contributed by atoms with Gasteiger partial charge in [-0.15, -0.1) is 0 Å². The van der Waals surface area contributed by atoms with Gasteiger partial charge >= 0.3 is 0 Å². The first kappa shape index (κ1) is 13.2. The third-order valence-corrected chi connectivity index (χ3v) is 6.19. The Morgan fingerprint density at radius 2 is 2.14 bits per heavy atom. The molecule has 0 spiro atoms. The summed E-state index contributed by atoms with van der Waals surface area (Å²) in [5.41, 5.74) is 4.55. The molecule has 116 valence electrons. The van der Waals surface area contributed by atoms with Crippen molar-refractivity contribution < 1.29 is 4.79 Å². The van der Waals surface area contributed by atoms with Crippen LogP contribution in [0.3, 0.4) is 0 Å². The number of carbonyl (C=O) groups is 1. The van der Waals surface area contributed by atoms with Crippen molar-refractivity contribution in [1.29, 1.82) is 0 Å². The highest BCUT2D eigenvalue weighted by molar-refractivity contribution is 6.32. The van der Waals surface area contributed by atoms with Crippen molar-refractivity contribution in [2.75, 3.05) is 13.1 Å². The summed E-state index contributed by atoms with van der Waals surface area (Å²) in [7, 11) is 0. The number of fused-ring (bicyclic) bond motifs is 4. The van der Waals surface area contributed by atoms with E-state index in [0.717, 1.165) is 48.8 Å². The van der Waals surface area contributed by atoms with Gasteiger partial charge in [0.25, 0.3) is 0 Å². The van der Waals surface area contributed by atoms with Gasteiger partial charge in [0, 0.05) is 10.6 Å². The molecule has 3 heterocycles. The predicted molar refractivity (Wildman–Crippen MR) is 83.4 cm³/mol. The molecule has 0 radical (unpaired) electrons. The lowest BCUT2D eigenvalue weighted by Gasteiger charge is -2.43. The lowest BCUT2D eigenvalue weighted by atomic mass is 9.85. The molecule has 2 saturated heterocycles. The van der Waals surface area contributed by atoms with E-state index in [9.17, 15) is 4.79 Å². The molecular formula is C16H19ClN4O. The summed E-state index contributed by atoms with van der Waals surface area (Å²) < 4.78 is 0. The summed E-state index contributed by atoms with van der Waals surface area (Å²) in [5.74, 6) is 1.71. The molecule has 1 amide bonds. The van der Waals surface area contributed by atoms with Gasteiger partial charge in [-0.05, 0) is 44.3 Å². The van der Waals surface area contributed by atoms with Gasteiger partial charge in [-0.1, -0.05) is 23.8 Å². The summed E-state index contributed by atoms with van der Waals surface area (Å²) in [6.07, 6.45) is 9.19. The van der Waals surface area contributed by atoms with Crippen molar-refractivity contribution >= 4 is 17.5 Å². The van der Waals surface area contributed by atoms with Crippen LogP contribution in [-0.2, 0) is 4.79 Å². The maximum atomic E-state index is 12.5. The van der Waals surface area contributed by atoms with Gasteiger partial charge in [0.05, 0.1) is 17.5 Å². The Labute approximate surface area is 134 Å². The van der Waals surface area contributed by atoms with Gasteiger partial charge in [0.2, 0.25) is 5.91 Å². The Balaban J connectivity index is 1.58. The standard InChI is InChI=1S/C16H19ClN4O/c17-11-2-1-3-12-13(11)14-19-15(22)10-8-16(10,21(14)20-12)9-4-6-18-7-5-9/h1-3,9-10,12,18,20H,4-8H2,(H,19,22). The molecular weight excluding hydrogens is 300 g/mol. The molecule has 0 aromatic rings. The van der Waals surface area contributed by atoms with E-state index in [0.29, 0.717) is 5.92 Å². The van der Waals surface area contributed by atoms with Crippen LogP contribution in [0.5, 0.6) is 0 Å². The zero-order valence-corrected chi connectivity index (χ0v) is 13.0. The highest BCUT2D eigenvalue weighted by atomic mass is 35.5. The number of allylic oxidation sites excluding steroid dienone is 2. The third kappa shape index (κ3) is 1.54. The summed E-state index contributed by atoms with van der Waals surface area (Å²) in [4.78, 5) is 12.5. The molecule has 3 N–H and O–H groups in total. The van der Waals surface area contributed by atoms with Crippen LogP contribution in [0.15, 0.2) is 34.7 Å². The van der Waals surface area contributed by atoms with Crippen LogP contribution < -0.4 is 16.1 Å². The molecule has 3 fully saturated rings. The van der Waals surface area contributed by atoms with Crippen molar-refractivity contribution in [1.82, 2.24) is 21.1 Å². The fourth-order valence-corrected chi connectivity index (χ4v) is 5.00. The lowest BCUT2D eigenvalue weighted by Crippen LogP contribution is -2.58. The molecule has 0 aromatic carbocycles. The van der Waals surface area contributed by atoms with Gasteiger partial charge in [-0.25, -0.2) is 5.43 Å². The topological polar surface area (TPSA) is 56.4 Å². The fraction of sp³-hybridized carbons (Fsp3) is 0.562. The number of nitrogens with zero attached hydrogens (tertiary/aromatic N) is 1. The highest BCUT2D eigenvalue weighted by Crippen LogP contribution is 2.60. The maximum Gasteiger partial charge on any atom is 0.231 e. The van der Waals surface area contributed by atoms with Crippen LogP contribution in [-0.4, -0.2) is 35.6 Å². The van der Waals surface area contributed by atoms with Crippen LogP contribution in [0.1, 0.15) is 19.3 Å². The van der Waals surface area contributed by atoms with E-state index in [1.807, 2.05) is 12.2 Å². The van der Waals surface area contributed by atoms with Crippen LogP contribution in [0.25, 0.3) is 0 Å². The maximum absolute atomic E-state index is 12.5. The quantitative estimate of drug-likeness (QED) is 0.674. The molecule has 3 aliphatic heterocycles. The number of hydrogen-bond acceptors (Lipinski definition) is 4. The Bertz CT molecular complexity index is 649. The molecule has 5 nitrogen and oxygen atoms in total. The molecule has 5 aliphatic rings. The number of hydrogen-bond donors (Lipinski definition) is 3. The van der Waals surface area contributed by atoms with E-state index < -0.39 is 0 Å². The summed E-state index contributed by atoms with van der Waals surface area (Å²) in [5, 5.41) is 9.49. The van der Waals surface area contributed by atoms with E-state index in [4.69, 9.17) is 11.6 Å². The van der Waals surface area contributed by atoms with Gasteiger partial charge in [-0.3, -0.25) is 9.80 Å². The normalized spacial score (nSPS) is 40.0. The van der Waals surface area contributed by atoms with Crippen LogP contribution in [0.4, 0.5) is 0 Å². The summed E-state index contributed by atoms with van der Waals surface area (Å²) in [6.45, 7) is 2.09. The molecule has 0 bridgehead atoms. The number of halogens is 1. The Morgan fingerprint density at radius 3 is 2.95 bits per heavy atom. The average molecular weight is 319 g/mol. The van der Waals surface area contributed by atoms with E-state index in [2.05, 4.69) is 27.1 Å². The minimum absolute atomic E-state index is 0.0465. The van der Waals surface area contributed by atoms with Gasteiger partial charge < -0.3 is 10.6 Å². The zero-order chi connectivity index (χ0) is 14.9. The Morgan fingerprint density at radius 1 is 1.32 bits per heavy atom. The average Bonchev–Trinajstić information content (AvgIpc) is 3.20. The summed E-state index contributed by atoms with van der Waals surface area (Å²) >= 11 is 6.40. The number of piperidine rings is 1. The van der Waals surface area contributed by atoms with Crippen molar-refractivity contribution in [3.05, 3.63) is 34.7 Å². The number of nitrogens with one attached hydrogen (secondary N) is 3. The highest BCUT2D eigenvalue weighted by Gasteiger charge is 2.70.